The average molecular weight is 336 g/mol. The van der Waals surface area contributed by atoms with Gasteiger partial charge in [-0.2, -0.15) is 0 Å². The number of aliphatic carboxylic acids is 1. The molecule has 1 aromatic rings. The van der Waals surface area contributed by atoms with E-state index in [2.05, 4.69) is 24.7 Å². The van der Waals surface area contributed by atoms with Crippen LogP contribution in [0.15, 0.2) is 24.3 Å². The molecular formula is C17H24N2O5. The highest BCUT2D eigenvalue weighted by molar-refractivity contribution is 5.82. The van der Waals surface area contributed by atoms with Crippen LogP contribution in [0.5, 0.6) is 5.75 Å². The summed E-state index contributed by atoms with van der Waals surface area (Å²) in [6.45, 7) is 3.94. The largest absolute Gasteiger partial charge is 0.483 e. The molecule has 0 unspecified atom stereocenters. The van der Waals surface area contributed by atoms with Crippen LogP contribution in [0.3, 0.4) is 0 Å². The molecule has 0 fully saturated rings. The van der Waals surface area contributed by atoms with Crippen LogP contribution < -0.4 is 15.6 Å². The fourth-order valence-electron chi connectivity index (χ4n) is 2.02. The number of carboxylic acids is 1. The van der Waals surface area contributed by atoms with Gasteiger partial charge in [0.15, 0.2) is 6.61 Å². The topological polar surface area (TPSA) is 105 Å². The molecule has 1 rings (SSSR count). The molecule has 0 aliphatic rings. The van der Waals surface area contributed by atoms with E-state index in [-0.39, 0.29) is 25.9 Å². The van der Waals surface area contributed by atoms with Crippen LogP contribution in [-0.4, -0.2) is 29.5 Å². The van der Waals surface area contributed by atoms with E-state index in [9.17, 15) is 14.4 Å². The highest BCUT2D eigenvalue weighted by Gasteiger charge is 2.11. The first-order chi connectivity index (χ1) is 11.4. The van der Waals surface area contributed by atoms with Crippen LogP contribution in [0.4, 0.5) is 0 Å². The van der Waals surface area contributed by atoms with Crippen LogP contribution in [0.2, 0.25) is 0 Å². The zero-order valence-electron chi connectivity index (χ0n) is 14.0. The monoisotopic (exact) mass is 336 g/mol. The number of carboxylic acid groups (broad SMARTS) is 1. The van der Waals surface area contributed by atoms with E-state index < -0.39 is 17.8 Å². The van der Waals surface area contributed by atoms with Gasteiger partial charge in [-0.3, -0.25) is 25.2 Å². The maximum Gasteiger partial charge on any atom is 0.303 e. The first-order valence-corrected chi connectivity index (χ1v) is 7.95. The third-order valence-corrected chi connectivity index (χ3v) is 3.56. The standard InChI is InChI=1S/C17H24N2O5/c1-3-12(2)13-7-4-5-8-14(13)24-11-16(21)19-18-15(20)9-6-10-17(22)23/h4-5,7-8,12H,3,6,9-11H2,1-2H3,(H,18,20)(H,19,21)(H,22,23)/t12-/m0/s1. The number of hydrazine groups is 1. The molecule has 3 N–H and O–H groups in total. The van der Waals surface area contributed by atoms with E-state index in [1.807, 2.05) is 18.2 Å². The van der Waals surface area contributed by atoms with Crippen LogP contribution in [-0.2, 0) is 14.4 Å². The van der Waals surface area contributed by atoms with E-state index in [0.29, 0.717) is 11.7 Å². The Hall–Kier alpha value is -2.57. The second kappa shape index (κ2) is 10.3. The minimum Gasteiger partial charge on any atom is -0.483 e. The number of benzene rings is 1. The summed E-state index contributed by atoms with van der Waals surface area (Å²) in [4.78, 5) is 33.5. The predicted molar refractivity (Wildman–Crippen MR) is 88.4 cm³/mol. The Kier molecular flexibility index (Phi) is 8.32. The van der Waals surface area contributed by atoms with E-state index in [4.69, 9.17) is 9.84 Å². The van der Waals surface area contributed by atoms with E-state index in [1.54, 1.807) is 6.07 Å². The summed E-state index contributed by atoms with van der Waals surface area (Å²) < 4.78 is 5.53. The fourth-order valence-corrected chi connectivity index (χ4v) is 2.02. The lowest BCUT2D eigenvalue weighted by atomic mass is 9.98. The highest BCUT2D eigenvalue weighted by atomic mass is 16.5. The summed E-state index contributed by atoms with van der Waals surface area (Å²) in [5.41, 5.74) is 5.51. The van der Waals surface area contributed by atoms with Crippen molar-refractivity contribution < 1.29 is 24.2 Å². The van der Waals surface area contributed by atoms with Gasteiger partial charge in [-0.05, 0) is 30.4 Å². The predicted octanol–water partition coefficient (Wildman–Crippen LogP) is 1.98. The van der Waals surface area contributed by atoms with Gasteiger partial charge >= 0.3 is 5.97 Å². The van der Waals surface area contributed by atoms with Crippen molar-refractivity contribution in [3.63, 3.8) is 0 Å². The molecule has 0 saturated heterocycles. The van der Waals surface area contributed by atoms with Crippen molar-refractivity contribution >= 4 is 17.8 Å². The number of carbonyl (C=O) groups is 3. The maximum atomic E-state index is 11.7. The van der Waals surface area contributed by atoms with Crippen molar-refractivity contribution in [2.45, 2.75) is 45.4 Å². The zero-order chi connectivity index (χ0) is 17.9. The first-order valence-electron chi connectivity index (χ1n) is 7.95. The second-order valence-corrected chi connectivity index (χ2v) is 5.48. The summed E-state index contributed by atoms with van der Waals surface area (Å²) >= 11 is 0. The molecular weight excluding hydrogens is 312 g/mol. The average Bonchev–Trinajstić information content (AvgIpc) is 2.57. The van der Waals surface area contributed by atoms with Crippen molar-refractivity contribution in [3.8, 4) is 5.75 Å². The van der Waals surface area contributed by atoms with E-state index in [0.717, 1.165) is 12.0 Å². The third kappa shape index (κ3) is 7.13. The summed E-state index contributed by atoms with van der Waals surface area (Å²) in [6, 6.07) is 7.53. The number of para-hydroxylation sites is 1. The molecule has 0 saturated carbocycles. The Labute approximate surface area is 141 Å². The Bertz CT molecular complexity index is 574. The molecule has 7 nitrogen and oxygen atoms in total. The second-order valence-electron chi connectivity index (χ2n) is 5.48. The number of carbonyl (C=O) groups excluding carboxylic acids is 2. The van der Waals surface area contributed by atoms with Gasteiger partial charge in [-0.25, -0.2) is 0 Å². The summed E-state index contributed by atoms with van der Waals surface area (Å²) in [6.07, 6.45) is 1.12. The highest BCUT2D eigenvalue weighted by Crippen LogP contribution is 2.28. The molecule has 0 aromatic heterocycles. The molecule has 0 heterocycles. The SMILES string of the molecule is CC[C@H](C)c1ccccc1OCC(=O)NNC(=O)CCCC(=O)O. The Balaban J connectivity index is 2.36. The van der Waals surface area contributed by atoms with Crippen molar-refractivity contribution in [3.05, 3.63) is 29.8 Å². The van der Waals surface area contributed by atoms with Crippen LogP contribution in [0.25, 0.3) is 0 Å². The summed E-state index contributed by atoms with van der Waals surface area (Å²) in [5, 5.41) is 8.48. The number of hydrogen-bond acceptors (Lipinski definition) is 4. The van der Waals surface area contributed by atoms with Gasteiger partial charge < -0.3 is 9.84 Å². The van der Waals surface area contributed by atoms with Gasteiger partial charge in [-0.1, -0.05) is 32.0 Å². The molecule has 7 heteroatoms. The molecule has 0 spiro atoms. The number of hydrogen-bond donors (Lipinski definition) is 3. The van der Waals surface area contributed by atoms with Gasteiger partial charge in [-0.15, -0.1) is 0 Å². The van der Waals surface area contributed by atoms with Gasteiger partial charge in [0, 0.05) is 12.8 Å². The number of amides is 2. The van der Waals surface area contributed by atoms with Crippen molar-refractivity contribution in [1.29, 1.82) is 0 Å². The Morgan fingerprint density at radius 2 is 1.79 bits per heavy atom. The molecule has 0 bridgehead atoms. The molecule has 2 amide bonds. The van der Waals surface area contributed by atoms with E-state index in [1.165, 1.54) is 0 Å². The Morgan fingerprint density at radius 1 is 1.12 bits per heavy atom. The van der Waals surface area contributed by atoms with Crippen LogP contribution in [0, 0.1) is 0 Å². The van der Waals surface area contributed by atoms with Crippen molar-refractivity contribution in [1.82, 2.24) is 10.9 Å². The number of ether oxygens (including phenoxy) is 1. The quantitative estimate of drug-likeness (QED) is 0.598. The van der Waals surface area contributed by atoms with Crippen LogP contribution >= 0.6 is 0 Å². The normalized spacial score (nSPS) is 11.4. The molecule has 0 aliphatic carbocycles. The van der Waals surface area contributed by atoms with Gasteiger partial charge in [0.2, 0.25) is 5.91 Å². The van der Waals surface area contributed by atoms with Crippen molar-refractivity contribution in [2.75, 3.05) is 6.61 Å². The maximum absolute atomic E-state index is 11.7. The molecule has 24 heavy (non-hydrogen) atoms. The minimum absolute atomic E-state index is 0.0320. The summed E-state index contributed by atoms with van der Waals surface area (Å²) in [5.74, 6) is -0.918. The molecule has 1 atom stereocenters. The molecule has 1 aromatic carbocycles. The Morgan fingerprint density at radius 3 is 2.46 bits per heavy atom. The number of rotatable bonds is 9. The lowest BCUT2D eigenvalue weighted by Gasteiger charge is -2.15. The molecule has 0 aliphatic heterocycles. The van der Waals surface area contributed by atoms with Gasteiger partial charge in [0.25, 0.3) is 5.91 Å². The minimum atomic E-state index is -0.958. The zero-order valence-corrected chi connectivity index (χ0v) is 14.0. The van der Waals surface area contributed by atoms with Gasteiger partial charge in [0.1, 0.15) is 5.75 Å². The smallest absolute Gasteiger partial charge is 0.303 e. The van der Waals surface area contributed by atoms with Gasteiger partial charge in [0.05, 0.1) is 0 Å². The third-order valence-electron chi connectivity index (χ3n) is 3.56. The summed E-state index contributed by atoms with van der Waals surface area (Å²) in [7, 11) is 0. The lowest BCUT2D eigenvalue weighted by molar-refractivity contribution is -0.137. The van der Waals surface area contributed by atoms with Crippen molar-refractivity contribution in [2.24, 2.45) is 0 Å². The fraction of sp³-hybridized carbons (Fsp3) is 0.471. The number of nitrogens with one attached hydrogen (secondary N) is 2. The lowest BCUT2D eigenvalue weighted by Crippen LogP contribution is -2.43. The van der Waals surface area contributed by atoms with E-state index >= 15 is 0 Å². The van der Waals surface area contributed by atoms with Crippen LogP contribution in [0.1, 0.15) is 51.0 Å². The molecule has 0 radical (unpaired) electrons. The first kappa shape index (κ1) is 19.5. The molecule has 132 valence electrons.